The molecule has 2 rings (SSSR count). The van der Waals surface area contributed by atoms with Gasteiger partial charge in [0.25, 0.3) is 0 Å². The molecule has 4 heteroatoms. The van der Waals surface area contributed by atoms with Gasteiger partial charge < -0.3 is 9.84 Å². The summed E-state index contributed by atoms with van der Waals surface area (Å²) < 4.78 is 5.60. The molecular weight excluding hydrogens is 268 g/mol. The summed E-state index contributed by atoms with van der Waals surface area (Å²) in [6.45, 7) is 2.46. The second kappa shape index (κ2) is 6.70. The number of aldehydes is 1. The molecule has 0 unspecified atom stereocenters. The first kappa shape index (κ1) is 14.8. The molecule has 108 valence electrons. The van der Waals surface area contributed by atoms with E-state index in [0.29, 0.717) is 18.6 Å². The smallest absolute Gasteiger partial charge is 0.335 e. The molecule has 4 nitrogen and oxygen atoms in total. The van der Waals surface area contributed by atoms with Crippen LogP contribution in [0.25, 0.3) is 0 Å². The van der Waals surface area contributed by atoms with Gasteiger partial charge in [-0.1, -0.05) is 24.3 Å². The number of hydrogen-bond donors (Lipinski definition) is 1. The molecule has 0 bridgehead atoms. The van der Waals surface area contributed by atoms with Gasteiger partial charge in [0.15, 0.2) is 6.29 Å². The van der Waals surface area contributed by atoms with Crippen molar-refractivity contribution in [1.82, 2.24) is 0 Å². The standard InChI is InChI=1S/C17H16O4/c1-12-4-2-3-5-13(12)8-9-21-16-7-6-14(17(19)20)10-15(16)11-18/h2-7,10-11H,8-9H2,1H3,(H,19,20). The van der Waals surface area contributed by atoms with Crippen LogP contribution in [-0.4, -0.2) is 24.0 Å². The Morgan fingerprint density at radius 3 is 2.67 bits per heavy atom. The van der Waals surface area contributed by atoms with Crippen LogP contribution in [0.15, 0.2) is 42.5 Å². The zero-order valence-corrected chi connectivity index (χ0v) is 11.7. The molecule has 0 atom stereocenters. The molecule has 0 aliphatic rings. The monoisotopic (exact) mass is 284 g/mol. The molecule has 0 saturated carbocycles. The van der Waals surface area contributed by atoms with Crippen molar-refractivity contribution < 1.29 is 19.4 Å². The zero-order valence-electron chi connectivity index (χ0n) is 11.7. The summed E-state index contributed by atoms with van der Waals surface area (Å²) in [4.78, 5) is 21.9. The first-order valence-corrected chi connectivity index (χ1v) is 6.61. The number of hydrogen-bond acceptors (Lipinski definition) is 3. The lowest BCUT2D eigenvalue weighted by Crippen LogP contribution is -2.05. The summed E-state index contributed by atoms with van der Waals surface area (Å²) in [5.74, 6) is -0.659. The van der Waals surface area contributed by atoms with E-state index < -0.39 is 5.97 Å². The van der Waals surface area contributed by atoms with Crippen LogP contribution in [0.5, 0.6) is 5.75 Å². The highest BCUT2D eigenvalue weighted by atomic mass is 16.5. The Kier molecular flexibility index (Phi) is 4.72. The Bertz CT molecular complexity index is 662. The van der Waals surface area contributed by atoms with Crippen molar-refractivity contribution in [2.24, 2.45) is 0 Å². The van der Waals surface area contributed by atoms with E-state index >= 15 is 0 Å². The number of rotatable bonds is 6. The fraction of sp³-hybridized carbons (Fsp3) is 0.176. The Morgan fingerprint density at radius 1 is 1.24 bits per heavy atom. The third-order valence-electron chi connectivity index (χ3n) is 3.27. The fourth-order valence-corrected chi connectivity index (χ4v) is 2.07. The zero-order chi connectivity index (χ0) is 15.2. The van der Waals surface area contributed by atoms with Gasteiger partial charge in [-0.3, -0.25) is 4.79 Å². The maximum Gasteiger partial charge on any atom is 0.335 e. The lowest BCUT2D eigenvalue weighted by atomic mass is 10.1. The summed E-state index contributed by atoms with van der Waals surface area (Å²) in [6, 6.07) is 12.3. The third kappa shape index (κ3) is 3.69. The van der Waals surface area contributed by atoms with Crippen LogP contribution in [0, 0.1) is 6.92 Å². The molecule has 2 aromatic rings. The summed E-state index contributed by atoms with van der Waals surface area (Å²) in [5.41, 5.74) is 2.70. The molecule has 0 fully saturated rings. The summed E-state index contributed by atoms with van der Waals surface area (Å²) in [5, 5.41) is 8.89. The fourth-order valence-electron chi connectivity index (χ4n) is 2.07. The molecule has 0 aromatic heterocycles. The highest BCUT2D eigenvalue weighted by Crippen LogP contribution is 2.19. The van der Waals surface area contributed by atoms with Gasteiger partial charge in [0.1, 0.15) is 5.75 Å². The second-order valence-corrected chi connectivity index (χ2v) is 4.70. The van der Waals surface area contributed by atoms with E-state index in [1.807, 2.05) is 31.2 Å². The Labute approximate surface area is 123 Å². The van der Waals surface area contributed by atoms with Crippen molar-refractivity contribution in [2.45, 2.75) is 13.3 Å². The topological polar surface area (TPSA) is 63.6 Å². The molecule has 0 radical (unpaired) electrons. The molecule has 0 aliphatic carbocycles. The SMILES string of the molecule is Cc1ccccc1CCOc1ccc(C(=O)O)cc1C=O. The molecule has 0 saturated heterocycles. The van der Waals surface area contributed by atoms with Crippen LogP contribution in [0.4, 0.5) is 0 Å². The van der Waals surface area contributed by atoms with Crippen molar-refractivity contribution in [3.63, 3.8) is 0 Å². The molecule has 0 heterocycles. The Hall–Kier alpha value is -2.62. The first-order valence-electron chi connectivity index (χ1n) is 6.61. The Morgan fingerprint density at radius 2 is 2.00 bits per heavy atom. The predicted octanol–water partition coefficient (Wildman–Crippen LogP) is 3.13. The van der Waals surface area contributed by atoms with E-state index in [-0.39, 0.29) is 11.1 Å². The van der Waals surface area contributed by atoms with Crippen LogP contribution in [0.2, 0.25) is 0 Å². The van der Waals surface area contributed by atoms with Crippen molar-refractivity contribution in [3.8, 4) is 5.75 Å². The van der Waals surface area contributed by atoms with Crippen molar-refractivity contribution in [3.05, 3.63) is 64.7 Å². The van der Waals surface area contributed by atoms with E-state index in [1.54, 1.807) is 0 Å². The van der Waals surface area contributed by atoms with Crippen molar-refractivity contribution >= 4 is 12.3 Å². The highest BCUT2D eigenvalue weighted by Gasteiger charge is 2.09. The molecule has 2 aromatic carbocycles. The maximum absolute atomic E-state index is 11.0. The molecule has 0 spiro atoms. The number of aryl methyl sites for hydroxylation is 1. The lowest BCUT2D eigenvalue weighted by Gasteiger charge is -2.10. The number of aromatic carboxylic acids is 1. The molecule has 21 heavy (non-hydrogen) atoms. The highest BCUT2D eigenvalue weighted by molar-refractivity contribution is 5.91. The minimum absolute atomic E-state index is 0.0725. The van der Waals surface area contributed by atoms with Gasteiger partial charge in [0, 0.05) is 6.42 Å². The van der Waals surface area contributed by atoms with Gasteiger partial charge in [0.05, 0.1) is 17.7 Å². The van der Waals surface area contributed by atoms with E-state index in [2.05, 4.69) is 0 Å². The van der Waals surface area contributed by atoms with Crippen LogP contribution in [0.1, 0.15) is 31.8 Å². The van der Waals surface area contributed by atoms with Gasteiger partial charge in [-0.05, 0) is 36.2 Å². The van der Waals surface area contributed by atoms with E-state index in [9.17, 15) is 9.59 Å². The number of carboxylic acid groups (broad SMARTS) is 1. The second-order valence-electron chi connectivity index (χ2n) is 4.70. The van der Waals surface area contributed by atoms with Crippen LogP contribution in [-0.2, 0) is 6.42 Å². The molecule has 1 N–H and O–H groups in total. The van der Waals surface area contributed by atoms with Gasteiger partial charge >= 0.3 is 5.97 Å². The largest absolute Gasteiger partial charge is 0.492 e. The van der Waals surface area contributed by atoms with Crippen LogP contribution < -0.4 is 4.74 Å². The minimum Gasteiger partial charge on any atom is -0.492 e. The van der Waals surface area contributed by atoms with Gasteiger partial charge in [-0.15, -0.1) is 0 Å². The lowest BCUT2D eigenvalue weighted by molar-refractivity contribution is 0.0697. The number of benzene rings is 2. The summed E-state index contributed by atoms with van der Waals surface area (Å²) in [6.07, 6.45) is 1.33. The van der Waals surface area contributed by atoms with Gasteiger partial charge in [0.2, 0.25) is 0 Å². The average molecular weight is 284 g/mol. The van der Waals surface area contributed by atoms with Crippen molar-refractivity contribution in [2.75, 3.05) is 6.61 Å². The number of carbonyl (C=O) groups is 2. The number of carboxylic acids is 1. The molecular formula is C17H16O4. The minimum atomic E-state index is -1.07. The molecule has 0 aliphatic heterocycles. The van der Waals surface area contributed by atoms with Gasteiger partial charge in [-0.2, -0.15) is 0 Å². The maximum atomic E-state index is 11.0. The van der Waals surface area contributed by atoms with E-state index in [0.717, 1.165) is 6.42 Å². The van der Waals surface area contributed by atoms with E-state index in [1.165, 1.54) is 29.3 Å². The predicted molar refractivity (Wildman–Crippen MR) is 79.2 cm³/mol. The van der Waals surface area contributed by atoms with Crippen molar-refractivity contribution in [1.29, 1.82) is 0 Å². The number of ether oxygens (including phenoxy) is 1. The molecule has 0 amide bonds. The normalized spacial score (nSPS) is 10.1. The van der Waals surface area contributed by atoms with Gasteiger partial charge in [-0.25, -0.2) is 4.79 Å². The quantitative estimate of drug-likeness (QED) is 0.828. The Balaban J connectivity index is 2.05. The van der Waals surface area contributed by atoms with Crippen LogP contribution >= 0.6 is 0 Å². The van der Waals surface area contributed by atoms with E-state index in [4.69, 9.17) is 9.84 Å². The summed E-state index contributed by atoms with van der Waals surface area (Å²) in [7, 11) is 0. The average Bonchev–Trinajstić information content (AvgIpc) is 2.49. The number of carbonyl (C=O) groups excluding carboxylic acids is 1. The third-order valence-corrected chi connectivity index (χ3v) is 3.27. The first-order chi connectivity index (χ1) is 10.1. The summed E-state index contributed by atoms with van der Waals surface area (Å²) >= 11 is 0. The van der Waals surface area contributed by atoms with Crippen LogP contribution in [0.3, 0.4) is 0 Å².